The van der Waals surface area contributed by atoms with Gasteiger partial charge in [0.1, 0.15) is 17.2 Å². The molecular formula is C24H20ClN3OS. The van der Waals surface area contributed by atoms with Crippen molar-refractivity contribution in [2.24, 2.45) is 0 Å². The van der Waals surface area contributed by atoms with Gasteiger partial charge in [-0.3, -0.25) is 0 Å². The van der Waals surface area contributed by atoms with Crippen LogP contribution in [-0.2, 0) is 0 Å². The molecule has 0 amide bonds. The average molecular weight is 434 g/mol. The molecule has 0 spiro atoms. The van der Waals surface area contributed by atoms with Crippen LogP contribution in [-0.4, -0.2) is 22.5 Å². The van der Waals surface area contributed by atoms with E-state index in [2.05, 4.69) is 58.6 Å². The Bertz CT molecular complexity index is 1320. The number of pyridine rings is 1. The van der Waals surface area contributed by atoms with Gasteiger partial charge in [0.25, 0.3) is 0 Å². The van der Waals surface area contributed by atoms with Gasteiger partial charge in [0.05, 0.1) is 11.6 Å². The van der Waals surface area contributed by atoms with Crippen LogP contribution >= 0.6 is 22.9 Å². The Balaban J connectivity index is 1.48. The largest absolute Gasteiger partial charge is 0.492 e. The molecule has 3 heterocycles. The first kappa shape index (κ1) is 19.0. The van der Waals surface area contributed by atoms with E-state index in [1.165, 1.54) is 15.8 Å². The third-order valence-electron chi connectivity index (χ3n) is 5.19. The number of hydrogen-bond donors (Lipinski definition) is 2. The highest BCUT2D eigenvalue weighted by Crippen LogP contribution is 2.38. The Morgan fingerprint density at radius 3 is 2.73 bits per heavy atom. The van der Waals surface area contributed by atoms with Crippen LogP contribution in [0.15, 0.2) is 67.0 Å². The van der Waals surface area contributed by atoms with Crippen molar-refractivity contribution in [1.29, 1.82) is 0 Å². The zero-order chi connectivity index (χ0) is 20.5. The third kappa shape index (κ3) is 3.51. The van der Waals surface area contributed by atoms with Gasteiger partial charge in [0.15, 0.2) is 0 Å². The van der Waals surface area contributed by atoms with Crippen LogP contribution in [0, 0.1) is 6.92 Å². The zero-order valence-corrected chi connectivity index (χ0v) is 18.0. The Labute approximate surface area is 183 Å². The average Bonchev–Trinajstić information content (AvgIpc) is 3.42. The topological polar surface area (TPSA) is 49.9 Å². The van der Waals surface area contributed by atoms with Crippen LogP contribution in [0.1, 0.15) is 5.56 Å². The first-order valence-corrected chi connectivity index (χ1v) is 11.1. The van der Waals surface area contributed by atoms with E-state index in [9.17, 15) is 0 Å². The van der Waals surface area contributed by atoms with Crippen molar-refractivity contribution in [3.05, 3.63) is 72.6 Å². The Hall–Kier alpha value is -3.02. The Morgan fingerprint density at radius 1 is 1.03 bits per heavy atom. The molecule has 6 heteroatoms. The van der Waals surface area contributed by atoms with E-state index >= 15 is 0 Å². The standard InChI is InChI=1S/C24H20ClN3OS/c1-15-18-8-11-26-21(18)7-6-20(15)28-22-9-12-27-24-19(22)14-23(30-24)16-2-4-17(5-3-16)29-13-10-25/h2-9,11-12,14,26H,10,13H2,1H3,(H,27,28). The van der Waals surface area contributed by atoms with Gasteiger partial charge in [0.2, 0.25) is 0 Å². The summed E-state index contributed by atoms with van der Waals surface area (Å²) in [5.74, 6) is 1.31. The SMILES string of the molecule is Cc1c(Nc2ccnc3sc(-c4ccc(OCCCl)cc4)cc23)ccc2[nH]ccc12. The highest BCUT2D eigenvalue weighted by atomic mass is 35.5. The van der Waals surface area contributed by atoms with Gasteiger partial charge in [-0.2, -0.15) is 0 Å². The molecule has 5 rings (SSSR count). The van der Waals surface area contributed by atoms with E-state index in [4.69, 9.17) is 16.3 Å². The third-order valence-corrected chi connectivity index (χ3v) is 6.44. The number of halogens is 1. The number of aryl methyl sites for hydroxylation is 1. The summed E-state index contributed by atoms with van der Waals surface area (Å²) in [5, 5.41) is 5.96. The number of fused-ring (bicyclic) bond motifs is 2. The Morgan fingerprint density at radius 2 is 1.90 bits per heavy atom. The quantitative estimate of drug-likeness (QED) is 0.280. The molecule has 2 aromatic carbocycles. The van der Waals surface area contributed by atoms with Crippen molar-refractivity contribution in [3.8, 4) is 16.2 Å². The van der Waals surface area contributed by atoms with E-state index < -0.39 is 0 Å². The summed E-state index contributed by atoms with van der Waals surface area (Å²) in [5.41, 5.74) is 5.67. The van der Waals surface area contributed by atoms with Gasteiger partial charge >= 0.3 is 0 Å². The molecule has 5 aromatic rings. The molecule has 0 radical (unpaired) electrons. The molecule has 0 saturated carbocycles. The van der Waals surface area contributed by atoms with E-state index in [1.54, 1.807) is 11.3 Å². The van der Waals surface area contributed by atoms with Crippen LogP contribution in [0.2, 0.25) is 0 Å². The van der Waals surface area contributed by atoms with Crippen molar-refractivity contribution in [2.45, 2.75) is 6.92 Å². The summed E-state index contributed by atoms with van der Waals surface area (Å²) in [7, 11) is 0. The molecule has 0 bridgehead atoms. The molecule has 30 heavy (non-hydrogen) atoms. The number of alkyl halides is 1. The van der Waals surface area contributed by atoms with Gasteiger partial charge in [-0.05, 0) is 72.6 Å². The molecule has 0 aliphatic rings. The number of aromatic nitrogens is 2. The van der Waals surface area contributed by atoms with Gasteiger partial charge in [-0.25, -0.2) is 4.98 Å². The molecule has 0 fully saturated rings. The number of nitrogens with one attached hydrogen (secondary N) is 2. The first-order valence-electron chi connectivity index (χ1n) is 9.74. The maximum atomic E-state index is 5.69. The number of ether oxygens (including phenoxy) is 1. The molecule has 0 aliphatic heterocycles. The van der Waals surface area contributed by atoms with Crippen LogP contribution in [0.5, 0.6) is 5.75 Å². The number of aromatic amines is 1. The number of benzene rings is 2. The lowest BCUT2D eigenvalue weighted by molar-refractivity contribution is 0.343. The molecule has 0 aliphatic carbocycles. The van der Waals surface area contributed by atoms with E-state index in [0.29, 0.717) is 12.5 Å². The lowest BCUT2D eigenvalue weighted by atomic mass is 10.1. The maximum Gasteiger partial charge on any atom is 0.125 e. The van der Waals surface area contributed by atoms with Crippen molar-refractivity contribution < 1.29 is 4.74 Å². The predicted octanol–water partition coefficient (Wildman–Crippen LogP) is 7.11. The fourth-order valence-electron chi connectivity index (χ4n) is 3.63. The summed E-state index contributed by atoms with van der Waals surface area (Å²) in [6.45, 7) is 2.65. The molecule has 3 aromatic heterocycles. The van der Waals surface area contributed by atoms with Gasteiger partial charge in [0, 0.05) is 39.2 Å². The smallest absolute Gasteiger partial charge is 0.125 e. The van der Waals surface area contributed by atoms with Crippen molar-refractivity contribution in [2.75, 3.05) is 17.8 Å². The van der Waals surface area contributed by atoms with Gasteiger partial charge in [-0.15, -0.1) is 22.9 Å². The number of nitrogens with zero attached hydrogens (tertiary/aromatic N) is 1. The molecule has 0 unspecified atom stereocenters. The van der Waals surface area contributed by atoms with Crippen molar-refractivity contribution in [3.63, 3.8) is 0 Å². The fourth-order valence-corrected chi connectivity index (χ4v) is 4.74. The summed E-state index contributed by atoms with van der Waals surface area (Å²) >= 11 is 7.38. The summed E-state index contributed by atoms with van der Waals surface area (Å²) < 4.78 is 5.57. The number of rotatable bonds is 6. The highest BCUT2D eigenvalue weighted by molar-refractivity contribution is 7.21. The number of H-pyrrole nitrogens is 1. The van der Waals surface area contributed by atoms with Gasteiger partial charge in [-0.1, -0.05) is 0 Å². The predicted molar refractivity (Wildman–Crippen MR) is 128 cm³/mol. The number of thiophene rings is 1. The molecule has 0 saturated heterocycles. The van der Waals surface area contributed by atoms with Crippen molar-refractivity contribution in [1.82, 2.24) is 9.97 Å². The van der Waals surface area contributed by atoms with Crippen LogP contribution in [0.25, 0.3) is 31.6 Å². The zero-order valence-electron chi connectivity index (χ0n) is 16.4. The van der Waals surface area contributed by atoms with Crippen LogP contribution in [0.3, 0.4) is 0 Å². The van der Waals surface area contributed by atoms with E-state index in [1.807, 2.05) is 30.6 Å². The van der Waals surface area contributed by atoms with Crippen LogP contribution in [0.4, 0.5) is 11.4 Å². The Kier molecular flexibility index (Phi) is 5.07. The molecule has 0 atom stereocenters. The van der Waals surface area contributed by atoms with E-state index in [0.717, 1.165) is 38.4 Å². The number of anilines is 2. The second-order valence-electron chi connectivity index (χ2n) is 7.05. The summed E-state index contributed by atoms with van der Waals surface area (Å²) in [6, 6.07) is 18.7. The van der Waals surface area contributed by atoms with Crippen molar-refractivity contribution >= 4 is 55.4 Å². The maximum absolute atomic E-state index is 5.69. The minimum atomic E-state index is 0.482. The minimum absolute atomic E-state index is 0.482. The lowest BCUT2D eigenvalue weighted by Gasteiger charge is -2.11. The molecule has 150 valence electrons. The number of hydrogen-bond acceptors (Lipinski definition) is 4. The van der Waals surface area contributed by atoms with Crippen LogP contribution < -0.4 is 10.1 Å². The summed E-state index contributed by atoms with van der Waals surface area (Å²) in [4.78, 5) is 10.0. The summed E-state index contributed by atoms with van der Waals surface area (Å²) in [6.07, 6.45) is 3.83. The van der Waals surface area contributed by atoms with Gasteiger partial charge < -0.3 is 15.0 Å². The lowest BCUT2D eigenvalue weighted by Crippen LogP contribution is -1.97. The second-order valence-corrected chi connectivity index (χ2v) is 8.46. The monoisotopic (exact) mass is 433 g/mol. The molecular weight excluding hydrogens is 414 g/mol. The molecule has 2 N–H and O–H groups in total. The highest BCUT2D eigenvalue weighted by Gasteiger charge is 2.11. The fraction of sp³-hybridized carbons (Fsp3) is 0.125. The first-order chi connectivity index (χ1) is 14.7. The molecule has 4 nitrogen and oxygen atoms in total. The second kappa shape index (κ2) is 8.01. The van der Waals surface area contributed by atoms with E-state index in [-0.39, 0.29) is 0 Å². The minimum Gasteiger partial charge on any atom is -0.492 e. The normalized spacial score (nSPS) is 11.3.